The Morgan fingerprint density at radius 3 is 2.33 bits per heavy atom. The van der Waals surface area contributed by atoms with Gasteiger partial charge in [0.2, 0.25) is 0 Å². The topological polar surface area (TPSA) is 85.2 Å². The summed E-state index contributed by atoms with van der Waals surface area (Å²) in [5, 5.41) is 19.0. The van der Waals surface area contributed by atoms with Crippen molar-refractivity contribution in [3.8, 4) is 28.4 Å². The quantitative estimate of drug-likeness (QED) is 0.245. The molecule has 1 aliphatic heterocycles. The number of alkyl halides is 3. The van der Waals surface area contributed by atoms with Crippen LogP contribution in [0.5, 0.6) is 17.2 Å². The summed E-state index contributed by atoms with van der Waals surface area (Å²) in [4.78, 5) is 11.1. The predicted octanol–water partition coefficient (Wildman–Crippen LogP) is 7.36. The first-order chi connectivity index (χ1) is 19.9. The maximum atomic E-state index is 14.1. The second-order valence-corrected chi connectivity index (χ2v) is 11.7. The molecule has 3 aromatic carbocycles. The highest BCUT2D eigenvalue weighted by molar-refractivity contribution is 5.75. The van der Waals surface area contributed by atoms with Crippen molar-refractivity contribution in [3.05, 3.63) is 76.9 Å². The normalized spacial score (nSPS) is 17.9. The highest BCUT2D eigenvalue weighted by Gasteiger charge is 2.37. The Bertz CT molecular complexity index is 1430. The van der Waals surface area contributed by atoms with Crippen LogP contribution in [0.25, 0.3) is 11.1 Å². The molecule has 0 saturated carbocycles. The minimum absolute atomic E-state index is 0.00731. The molecule has 2 unspecified atom stereocenters. The van der Waals surface area contributed by atoms with Gasteiger partial charge >= 0.3 is 12.1 Å². The molecule has 0 amide bonds. The van der Waals surface area contributed by atoms with Gasteiger partial charge in [-0.2, -0.15) is 13.2 Å². The molecule has 2 N–H and O–H groups in total. The molecule has 3 aromatic rings. The third-order valence-corrected chi connectivity index (χ3v) is 7.98. The molecule has 2 aliphatic rings. The molecule has 6 nitrogen and oxygen atoms in total. The van der Waals surface area contributed by atoms with Crippen molar-refractivity contribution in [1.82, 2.24) is 0 Å². The third-order valence-electron chi connectivity index (χ3n) is 7.98. The van der Waals surface area contributed by atoms with E-state index in [1.165, 1.54) is 6.07 Å². The monoisotopic (exact) mass is 584 g/mol. The lowest BCUT2D eigenvalue weighted by Gasteiger charge is -2.20. The number of halogens is 3. The van der Waals surface area contributed by atoms with Gasteiger partial charge in [-0.05, 0) is 85.5 Å². The Morgan fingerprint density at radius 1 is 0.952 bits per heavy atom. The molecule has 0 spiro atoms. The summed E-state index contributed by atoms with van der Waals surface area (Å²) in [6.45, 7) is 4.38. The lowest BCUT2D eigenvalue weighted by atomic mass is 9.89. The van der Waals surface area contributed by atoms with E-state index in [9.17, 15) is 23.1 Å². The minimum atomic E-state index is -4.49. The Labute approximate surface area is 243 Å². The van der Waals surface area contributed by atoms with Crippen LogP contribution in [-0.2, 0) is 17.4 Å². The van der Waals surface area contributed by atoms with E-state index >= 15 is 0 Å². The highest BCUT2D eigenvalue weighted by Crippen LogP contribution is 2.47. The first-order valence-electron chi connectivity index (χ1n) is 14.2. The zero-order valence-electron chi connectivity index (χ0n) is 23.7. The molecule has 5 rings (SSSR count). The Hall–Kier alpha value is -3.72. The number of rotatable bonds is 11. The Balaban J connectivity index is 1.28. The largest absolute Gasteiger partial charge is 0.493 e. The number of aliphatic hydroxyl groups is 1. The molecule has 1 aliphatic carbocycles. The predicted molar refractivity (Wildman–Crippen MR) is 151 cm³/mol. The zero-order valence-corrected chi connectivity index (χ0v) is 23.7. The molecule has 0 fully saturated rings. The van der Waals surface area contributed by atoms with Gasteiger partial charge < -0.3 is 24.4 Å². The molecule has 9 heteroatoms. The summed E-state index contributed by atoms with van der Waals surface area (Å²) in [6.07, 6.45) is -2.14. The zero-order chi connectivity index (χ0) is 30.1. The Morgan fingerprint density at radius 2 is 1.64 bits per heavy atom. The molecule has 0 aromatic heterocycles. The van der Waals surface area contributed by atoms with Crippen LogP contribution in [0.1, 0.15) is 73.6 Å². The van der Waals surface area contributed by atoms with Crippen molar-refractivity contribution >= 4 is 5.97 Å². The summed E-state index contributed by atoms with van der Waals surface area (Å²) in [6, 6.07) is 14.9. The first-order valence-corrected chi connectivity index (χ1v) is 14.2. The van der Waals surface area contributed by atoms with E-state index in [0.29, 0.717) is 61.9 Å². The van der Waals surface area contributed by atoms with E-state index in [-0.39, 0.29) is 23.8 Å². The van der Waals surface area contributed by atoms with Gasteiger partial charge in [0.15, 0.2) is 0 Å². The number of aliphatic carboxylic acids is 1. The first kappa shape index (κ1) is 29.8. The van der Waals surface area contributed by atoms with Crippen LogP contribution in [0.15, 0.2) is 54.6 Å². The number of benzene rings is 3. The van der Waals surface area contributed by atoms with Crippen LogP contribution in [0.2, 0.25) is 0 Å². The molecule has 0 bridgehead atoms. The van der Waals surface area contributed by atoms with E-state index in [0.717, 1.165) is 23.1 Å². The van der Waals surface area contributed by atoms with E-state index in [2.05, 4.69) is 0 Å². The fourth-order valence-corrected chi connectivity index (χ4v) is 5.84. The van der Waals surface area contributed by atoms with Crippen LogP contribution < -0.4 is 14.2 Å². The van der Waals surface area contributed by atoms with Crippen LogP contribution >= 0.6 is 0 Å². The number of hydrogen-bond acceptors (Lipinski definition) is 5. The molecular formula is C33H35F3O6. The number of carbonyl (C=O) groups is 1. The van der Waals surface area contributed by atoms with Gasteiger partial charge in [-0.15, -0.1) is 0 Å². The molecule has 42 heavy (non-hydrogen) atoms. The SMILES string of the molecule is CC(C)(O)CCOc1ccc(-c2c(C(F)(F)F)ccc3c2CCC3CCOc2ccc3c(c2)OCC3CC(=O)O)cc1. The van der Waals surface area contributed by atoms with Crippen LogP contribution in [-0.4, -0.2) is 41.6 Å². The number of carboxylic acid groups (broad SMARTS) is 1. The van der Waals surface area contributed by atoms with Crippen molar-refractivity contribution in [1.29, 1.82) is 0 Å². The minimum Gasteiger partial charge on any atom is -0.493 e. The van der Waals surface area contributed by atoms with E-state index in [4.69, 9.17) is 19.3 Å². The fourth-order valence-electron chi connectivity index (χ4n) is 5.84. The van der Waals surface area contributed by atoms with Crippen LogP contribution in [0.3, 0.4) is 0 Å². The second kappa shape index (κ2) is 11.9. The third kappa shape index (κ3) is 6.84. The average Bonchev–Trinajstić information content (AvgIpc) is 3.51. The molecule has 224 valence electrons. The van der Waals surface area contributed by atoms with Gasteiger partial charge in [0.05, 0.1) is 37.4 Å². The van der Waals surface area contributed by atoms with Gasteiger partial charge in [-0.3, -0.25) is 4.79 Å². The Kier molecular flexibility index (Phi) is 8.42. The molecule has 2 atom stereocenters. The lowest BCUT2D eigenvalue weighted by molar-refractivity contribution is -0.138. The van der Waals surface area contributed by atoms with E-state index in [1.807, 2.05) is 6.07 Å². The maximum absolute atomic E-state index is 14.1. The van der Waals surface area contributed by atoms with Crippen molar-refractivity contribution in [2.75, 3.05) is 19.8 Å². The standard InChI is InChI=1S/C33H35F3O6/c1-32(2,39)14-16-41-23-6-3-21(4-7-23)31-27-9-5-20(25(27)11-12-28(31)33(34,35)36)13-15-40-24-8-10-26-22(17-30(37)38)19-42-29(26)18-24/h3-4,6-8,10-12,18,20,22,39H,5,9,13-17,19H2,1-2H3,(H,37,38). The van der Waals surface area contributed by atoms with Gasteiger partial charge in [-0.25, -0.2) is 0 Å². The van der Waals surface area contributed by atoms with Crippen molar-refractivity contribution in [2.24, 2.45) is 0 Å². The van der Waals surface area contributed by atoms with Gasteiger partial charge in [0.1, 0.15) is 17.2 Å². The van der Waals surface area contributed by atoms with Gasteiger partial charge in [0.25, 0.3) is 0 Å². The lowest BCUT2D eigenvalue weighted by Crippen LogP contribution is -2.21. The molecule has 0 radical (unpaired) electrons. The van der Waals surface area contributed by atoms with E-state index in [1.54, 1.807) is 56.3 Å². The van der Waals surface area contributed by atoms with Gasteiger partial charge in [0, 0.05) is 24.0 Å². The van der Waals surface area contributed by atoms with E-state index < -0.39 is 23.3 Å². The highest BCUT2D eigenvalue weighted by atomic mass is 19.4. The number of ether oxygens (including phenoxy) is 3. The summed E-state index contributed by atoms with van der Waals surface area (Å²) in [5.74, 6) is 0.789. The number of hydrogen-bond donors (Lipinski definition) is 2. The average molecular weight is 585 g/mol. The number of fused-ring (bicyclic) bond motifs is 2. The van der Waals surface area contributed by atoms with Gasteiger partial charge in [-0.1, -0.05) is 24.3 Å². The van der Waals surface area contributed by atoms with Crippen molar-refractivity contribution in [2.45, 2.75) is 69.6 Å². The number of carboxylic acids is 1. The second-order valence-electron chi connectivity index (χ2n) is 11.7. The summed E-state index contributed by atoms with van der Waals surface area (Å²) < 4.78 is 59.7. The molecule has 1 heterocycles. The van der Waals surface area contributed by atoms with Crippen LogP contribution in [0, 0.1) is 0 Å². The fraction of sp³-hybridized carbons (Fsp3) is 0.424. The molecule has 0 saturated heterocycles. The summed E-state index contributed by atoms with van der Waals surface area (Å²) >= 11 is 0. The van der Waals surface area contributed by atoms with Crippen molar-refractivity contribution in [3.63, 3.8) is 0 Å². The van der Waals surface area contributed by atoms with Crippen LogP contribution in [0.4, 0.5) is 13.2 Å². The summed E-state index contributed by atoms with van der Waals surface area (Å²) in [7, 11) is 0. The molecular weight excluding hydrogens is 549 g/mol. The smallest absolute Gasteiger partial charge is 0.417 e. The maximum Gasteiger partial charge on any atom is 0.417 e. The van der Waals surface area contributed by atoms with Crippen molar-refractivity contribution < 1.29 is 42.4 Å². The summed E-state index contributed by atoms with van der Waals surface area (Å²) in [5.41, 5.74) is 1.70.